The van der Waals surface area contributed by atoms with E-state index in [1.54, 1.807) is 0 Å². The van der Waals surface area contributed by atoms with Crippen LogP contribution in [0.5, 0.6) is 0 Å². The third kappa shape index (κ3) is 2.22. The van der Waals surface area contributed by atoms with E-state index in [2.05, 4.69) is 24.1 Å². The quantitative estimate of drug-likeness (QED) is 0.827. The van der Waals surface area contributed by atoms with Crippen molar-refractivity contribution in [3.05, 3.63) is 0 Å². The van der Waals surface area contributed by atoms with Gasteiger partial charge in [0.15, 0.2) is 0 Å². The lowest BCUT2D eigenvalue weighted by Crippen LogP contribution is -2.70. The Kier molecular flexibility index (Phi) is 3.44. The normalized spacial score (nSPS) is 37.0. The third-order valence-electron chi connectivity index (χ3n) is 5.80. The molecule has 1 N–H and O–H groups in total. The highest BCUT2D eigenvalue weighted by Gasteiger charge is 2.51. The van der Waals surface area contributed by atoms with Gasteiger partial charge in [0, 0.05) is 24.2 Å². The minimum atomic E-state index is 0.457. The Morgan fingerprint density at radius 3 is 2.50 bits per heavy atom. The van der Waals surface area contributed by atoms with Crippen LogP contribution < -0.4 is 5.32 Å². The largest absolute Gasteiger partial charge is 0.308 e. The molecule has 1 spiro atoms. The second kappa shape index (κ2) is 4.79. The summed E-state index contributed by atoms with van der Waals surface area (Å²) in [6, 6.07) is 0. The zero-order valence-electron chi connectivity index (χ0n) is 12.3. The van der Waals surface area contributed by atoms with Crippen LogP contribution in [0, 0.1) is 5.92 Å². The van der Waals surface area contributed by atoms with E-state index in [-0.39, 0.29) is 0 Å². The molecule has 1 saturated heterocycles. The molecule has 0 amide bonds. The number of piperazine rings is 1. The summed E-state index contributed by atoms with van der Waals surface area (Å²) in [5, 5.41) is 3.99. The Morgan fingerprint density at radius 1 is 1.17 bits per heavy atom. The summed E-state index contributed by atoms with van der Waals surface area (Å²) >= 11 is 0. The zero-order chi connectivity index (χ0) is 12.6. The maximum atomic E-state index is 3.99. The second-order valence-electron chi connectivity index (χ2n) is 7.25. The molecule has 0 aromatic carbocycles. The third-order valence-corrected chi connectivity index (χ3v) is 5.80. The van der Waals surface area contributed by atoms with Crippen molar-refractivity contribution in [2.24, 2.45) is 5.92 Å². The molecule has 1 unspecified atom stereocenters. The van der Waals surface area contributed by atoms with Gasteiger partial charge in [-0.15, -0.1) is 0 Å². The van der Waals surface area contributed by atoms with Gasteiger partial charge < -0.3 is 5.32 Å². The van der Waals surface area contributed by atoms with Crippen molar-refractivity contribution in [2.45, 2.75) is 76.3 Å². The van der Waals surface area contributed by atoms with Gasteiger partial charge in [-0.3, -0.25) is 4.90 Å². The lowest BCUT2D eigenvalue weighted by atomic mass is 9.76. The van der Waals surface area contributed by atoms with Crippen LogP contribution in [0.4, 0.5) is 0 Å². The van der Waals surface area contributed by atoms with Crippen molar-refractivity contribution in [1.29, 1.82) is 0 Å². The van der Waals surface area contributed by atoms with Gasteiger partial charge in [0.1, 0.15) is 0 Å². The Labute approximate surface area is 113 Å². The van der Waals surface area contributed by atoms with Crippen LogP contribution in [0.15, 0.2) is 0 Å². The number of nitrogens with zero attached hydrogens (tertiary/aromatic N) is 1. The minimum Gasteiger partial charge on any atom is -0.308 e. The molecule has 0 aromatic heterocycles. The monoisotopic (exact) mass is 250 g/mol. The Hall–Kier alpha value is -0.0800. The van der Waals surface area contributed by atoms with E-state index in [0.29, 0.717) is 11.1 Å². The Bertz CT molecular complexity index is 291. The van der Waals surface area contributed by atoms with Gasteiger partial charge in [-0.05, 0) is 51.5 Å². The van der Waals surface area contributed by atoms with E-state index >= 15 is 0 Å². The van der Waals surface area contributed by atoms with Gasteiger partial charge >= 0.3 is 0 Å². The number of hydrogen-bond acceptors (Lipinski definition) is 2. The molecule has 0 radical (unpaired) electrons. The van der Waals surface area contributed by atoms with Crippen molar-refractivity contribution in [1.82, 2.24) is 10.2 Å². The van der Waals surface area contributed by atoms with Crippen LogP contribution in [-0.4, -0.2) is 35.6 Å². The molecule has 2 nitrogen and oxygen atoms in total. The molecule has 0 aromatic rings. The highest BCUT2D eigenvalue weighted by molar-refractivity contribution is 5.09. The van der Waals surface area contributed by atoms with Crippen LogP contribution in [0.1, 0.15) is 65.2 Å². The van der Waals surface area contributed by atoms with Gasteiger partial charge in [0.25, 0.3) is 0 Å². The SMILES string of the molecule is CCCN1CC2(CCCCC2)NCC1(C)C1CC1. The van der Waals surface area contributed by atoms with Crippen molar-refractivity contribution in [3.8, 4) is 0 Å². The van der Waals surface area contributed by atoms with E-state index in [1.165, 1.54) is 71.0 Å². The van der Waals surface area contributed by atoms with Gasteiger partial charge in [0.05, 0.1) is 0 Å². The second-order valence-corrected chi connectivity index (χ2v) is 7.25. The predicted octanol–water partition coefficient (Wildman–Crippen LogP) is 3.17. The van der Waals surface area contributed by atoms with Crippen LogP contribution in [-0.2, 0) is 0 Å². The predicted molar refractivity (Wildman–Crippen MR) is 76.8 cm³/mol. The molecule has 2 aliphatic carbocycles. The molecular formula is C16H30N2. The van der Waals surface area contributed by atoms with Crippen molar-refractivity contribution < 1.29 is 0 Å². The summed E-state index contributed by atoms with van der Waals surface area (Å²) in [4.78, 5) is 2.85. The van der Waals surface area contributed by atoms with Gasteiger partial charge in [-0.2, -0.15) is 0 Å². The number of rotatable bonds is 3. The van der Waals surface area contributed by atoms with E-state index in [0.717, 1.165) is 5.92 Å². The fourth-order valence-electron chi connectivity index (χ4n) is 4.36. The molecular weight excluding hydrogens is 220 g/mol. The summed E-state index contributed by atoms with van der Waals surface area (Å²) in [7, 11) is 0. The van der Waals surface area contributed by atoms with Crippen molar-refractivity contribution in [3.63, 3.8) is 0 Å². The van der Waals surface area contributed by atoms with Crippen molar-refractivity contribution in [2.75, 3.05) is 19.6 Å². The molecule has 104 valence electrons. The lowest BCUT2D eigenvalue weighted by Gasteiger charge is -2.55. The standard InChI is InChI=1S/C16H30N2/c1-3-11-18-13-16(9-5-4-6-10-16)17-12-15(18,2)14-7-8-14/h14,17H,3-13H2,1-2H3. The van der Waals surface area contributed by atoms with Crippen LogP contribution in [0.3, 0.4) is 0 Å². The summed E-state index contributed by atoms with van der Waals surface area (Å²) in [6.45, 7) is 8.70. The molecule has 0 bridgehead atoms. The highest BCUT2D eigenvalue weighted by Crippen LogP contribution is 2.46. The maximum Gasteiger partial charge on any atom is 0.0334 e. The van der Waals surface area contributed by atoms with Crippen LogP contribution >= 0.6 is 0 Å². The smallest absolute Gasteiger partial charge is 0.0334 e. The fourth-order valence-corrected chi connectivity index (χ4v) is 4.36. The molecule has 3 rings (SSSR count). The fraction of sp³-hybridized carbons (Fsp3) is 1.00. The Balaban J connectivity index is 1.74. The molecule has 1 atom stereocenters. The number of nitrogens with one attached hydrogen (secondary N) is 1. The summed E-state index contributed by atoms with van der Waals surface area (Å²) in [5.41, 5.74) is 0.931. The van der Waals surface area contributed by atoms with E-state index in [1.807, 2.05) is 0 Å². The van der Waals surface area contributed by atoms with Crippen molar-refractivity contribution >= 4 is 0 Å². The Morgan fingerprint density at radius 2 is 1.89 bits per heavy atom. The first kappa shape index (κ1) is 12.9. The van der Waals surface area contributed by atoms with E-state index < -0.39 is 0 Å². The average molecular weight is 250 g/mol. The lowest BCUT2D eigenvalue weighted by molar-refractivity contribution is -0.0116. The van der Waals surface area contributed by atoms with Gasteiger partial charge in [-0.25, -0.2) is 0 Å². The maximum absolute atomic E-state index is 3.99. The van der Waals surface area contributed by atoms with Crippen LogP contribution in [0.2, 0.25) is 0 Å². The van der Waals surface area contributed by atoms with Gasteiger partial charge in [0.2, 0.25) is 0 Å². The average Bonchev–Trinajstić information content (AvgIpc) is 3.20. The zero-order valence-corrected chi connectivity index (χ0v) is 12.3. The minimum absolute atomic E-state index is 0.457. The summed E-state index contributed by atoms with van der Waals surface area (Å²) in [6.07, 6.45) is 11.4. The van der Waals surface area contributed by atoms with Crippen LogP contribution in [0.25, 0.3) is 0 Å². The molecule has 3 fully saturated rings. The topological polar surface area (TPSA) is 15.3 Å². The van der Waals surface area contributed by atoms with E-state index in [9.17, 15) is 0 Å². The molecule has 18 heavy (non-hydrogen) atoms. The summed E-state index contributed by atoms with van der Waals surface area (Å²) in [5.74, 6) is 0.970. The molecule has 1 heterocycles. The first-order valence-electron chi connectivity index (χ1n) is 8.19. The number of hydrogen-bond donors (Lipinski definition) is 1. The highest BCUT2D eigenvalue weighted by atomic mass is 15.3. The first-order chi connectivity index (χ1) is 8.69. The first-order valence-corrected chi connectivity index (χ1v) is 8.19. The van der Waals surface area contributed by atoms with E-state index in [4.69, 9.17) is 0 Å². The summed E-state index contributed by atoms with van der Waals surface area (Å²) < 4.78 is 0. The molecule has 1 aliphatic heterocycles. The van der Waals surface area contributed by atoms with Gasteiger partial charge in [-0.1, -0.05) is 26.2 Å². The molecule has 2 saturated carbocycles. The molecule has 3 aliphatic rings. The molecule has 2 heteroatoms.